The summed E-state index contributed by atoms with van der Waals surface area (Å²) in [5.74, 6) is 0.289. The van der Waals surface area contributed by atoms with Gasteiger partial charge in [0.25, 0.3) is 0 Å². The second-order valence-corrected chi connectivity index (χ2v) is 22.9. The SMILES string of the molecule is CCCc1ccccc1-n1c2ccccc2c2cc(-c3ccc4c(c3)c3cc(-c5cc6c7c(c5)c5ccccc5n7-c5ccccc5C6CC)ccc3n4-c3ccc(-c4c5ccccc5c(-c5ccccc5)c5ccccc45)cc3)ccc21. The number of aromatic nitrogens is 3. The molecule has 1 unspecified atom stereocenters. The highest BCUT2D eigenvalue weighted by atomic mass is 15.0. The summed E-state index contributed by atoms with van der Waals surface area (Å²) in [6.45, 7) is 4.61. The number of rotatable bonds is 9. The Labute approximate surface area is 482 Å². The van der Waals surface area contributed by atoms with Crippen LogP contribution in [0.25, 0.3) is 149 Å². The molecule has 0 saturated carbocycles. The van der Waals surface area contributed by atoms with Crippen molar-refractivity contribution in [2.24, 2.45) is 0 Å². The Hall–Kier alpha value is -10.2. The highest BCUT2D eigenvalue weighted by Gasteiger charge is 2.30. The van der Waals surface area contributed by atoms with Crippen molar-refractivity contribution in [3.8, 4) is 61.6 Å². The van der Waals surface area contributed by atoms with Crippen LogP contribution in [0.4, 0.5) is 0 Å². The van der Waals surface area contributed by atoms with E-state index in [4.69, 9.17) is 0 Å². The van der Waals surface area contributed by atoms with Crippen molar-refractivity contribution in [3.63, 3.8) is 0 Å². The molecule has 1 atom stereocenters. The van der Waals surface area contributed by atoms with E-state index in [0.29, 0.717) is 0 Å². The smallest absolute Gasteiger partial charge is 0.0579 e. The Morgan fingerprint density at radius 1 is 0.289 bits per heavy atom. The second-order valence-electron chi connectivity index (χ2n) is 22.9. The lowest BCUT2D eigenvalue weighted by molar-refractivity contribution is 0.761. The number of fused-ring (bicyclic) bond motifs is 13. The van der Waals surface area contributed by atoms with Crippen molar-refractivity contribution in [2.45, 2.75) is 39.0 Å². The summed E-state index contributed by atoms with van der Waals surface area (Å²) in [6.07, 6.45) is 3.15. The minimum Gasteiger partial charge on any atom is -0.309 e. The minimum absolute atomic E-state index is 0.289. The molecule has 0 bridgehead atoms. The van der Waals surface area contributed by atoms with Crippen molar-refractivity contribution in [3.05, 3.63) is 284 Å². The summed E-state index contributed by atoms with van der Waals surface area (Å²) >= 11 is 0. The van der Waals surface area contributed by atoms with Crippen LogP contribution in [0.15, 0.2) is 267 Å². The summed E-state index contributed by atoms with van der Waals surface area (Å²) in [5, 5.41) is 12.6. The van der Waals surface area contributed by atoms with Crippen LogP contribution in [0.1, 0.15) is 49.3 Å². The number of nitrogens with zero attached hydrogens (tertiary/aromatic N) is 3. The third-order valence-corrected chi connectivity index (χ3v) is 18.4. The van der Waals surface area contributed by atoms with Gasteiger partial charge in [-0.1, -0.05) is 202 Å². The molecule has 0 amide bonds. The molecule has 3 aromatic heterocycles. The molecular formula is C80H57N3. The fourth-order valence-corrected chi connectivity index (χ4v) is 14.8. The lowest BCUT2D eigenvalue weighted by Gasteiger charge is -2.28. The van der Waals surface area contributed by atoms with Crippen LogP contribution in [0.2, 0.25) is 0 Å². The molecule has 83 heavy (non-hydrogen) atoms. The Bertz CT molecular complexity index is 5260. The van der Waals surface area contributed by atoms with Gasteiger partial charge in [-0.2, -0.15) is 0 Å². The van der Waals surface area contributed by atoms with Crippen LogP contribution < -0.4 is 0 Å². The zero-order valence-electron chi connectivity index (χ0n) is 46.4. The number of benzene rings is 13. The van der Waals surface area contributed by atoms with Gasteiger partial charge in [0.2, 0.25) is 0 Å². The van der Waals surface area contributed by atoms with Gasteiger partial charge in [-0.05, 0) is 181 Å². The topological polar surface area (TPSA) is 14.8 Å². The molecule has 0 radical (unpaired) electrons. The normalized spacial score (nSPS) is 13.2. The number of hydrogen-bond acceptors (Lipinski definition) is 0. The Kier molecular flexibility index (Phi) is 10.7. The summed E-state index contributed by atoms with van der Waals surface area (Å²) < 4.78 is 7.50. The van der Waals surface area contributed by atoms with Crippen molar-refractivity contribution < 1.29 is 0 Å². The van der Waals surface area contributed by atoms with E-state index in [1.54, 1.807) is 0 Å². The van der Waals surface area contributed by atoms with Gasteiger partial charge >= 0.3 is 0 Å². The summed E-state index contributed by atoms with van der Waals surface area (Å²) in [6, 6.07) is 101. The van der Waals surface area contributed by atoms with Crippen LogP contribution in [0, 0.1) is 0 Å². The molecule has 16 aromatic rings. The van der Waals surface area contributed by atoms with Gasteiger partial charge < -0.3 is 13.7 Å². The zero-order valence-corrected chi connectivity index (χ0v) is 46.4. The van der Waals surface area contributed by atoms with E-state index in [-0.39, 0.29) is 5.92 Å². The predicted octanol–water partition coefficient (Wildman–Crippen LogP) is 21.8. The van der Waals surface area contributed by atoms with Crippen molar-refractivity contribution in [1.29, 1.82) is 0 Å². The van der Waals surface area contributed by atoms with Gasteiger partial charge in [0.15, 0.2) is 0 Å². The van der Waals surface area contributed by atoms with E-state index in [1.807, 2.05) is 0 Å². The van der Waals surface area contributed by atoms with E-state index in [9.17, 15) is 0 Å². The Morgan fingerprint density at radius 2 is 0.723 bits per heavy atom. The van der Waals surface area contributed by atoms with Crippen LogP contribution in [0.5, 0.6) is 0 Å². The predicted molar refractivity (Wildman–Crippen MR) is 352 cm³/mol. The lowest BCUT2D eigenvalue weighted by Crippen LogP contribution is -2.13. The van der Waals surface area contributed by atoms with E-state index < -0.39 is 0 Å². The molecule has 17 rings (SSSR count). The van der Waals surface area contributed by atoms with Crippen molar-refractivity contribution in [2.75, 3.05) is 0 Å². The molecule has 0 saturated heterocycles. The van der Waals surface area contributed by atoms with Gasteiger partial charge in [-0.25, -0.2) is 0 Å². The molecule has 0 spiro atoms. The fourth-order valence-electron chi connectivity index (χ4n) is 14.8. The molecule has 1 aliphatic heterocycles. The molecule has 1 aliphatic rings. The molecule has 0 N–H and O–H groups in total. The molecule has 0 aliphatic carbocycles. The van der Waals surface area contributed by atoms with E-state index >= 15 is 0 Å². The minimum atomic E-state index is 0.289. The first kappa shape index (κ1) is 47.6. The highest BCUT2D eigenvalue weighted by Crippen LogP contribution is 2.49. The summed E-state index contributed by atoms with van der Waals surface area (Å²) in [5.41, 5.74) is 25.1. The second kappa shape index (κ2) is 18.7. The monoisotopic (exact) mass is 1060 g/mol. The van der Waals surface area contributed by atoms with E-state index in [1.165, 1.54) is 160 Å². The molecular weight excluding hydrogens is 1000 g/mol. The van der Waals surface area contributed by atoms with Gasteiger partial charge in [0.05, 0.1) is 33.1 Å². The van der Waals surface area contributed by atoms with Gasteiger partial charge in [0.1, 0.15) is 0 Å². The fraction of sp³-hybridized carbons (Fsp3) is 0.0750. The average molecular weight is 1060 g/mol. The molecule has 3 heteroatoms. The quantitative estimate of drug-likeness (QED) is 0.128. The van der Waals surface area contributed by atoms with Gasteiger partial charge in [-0.15, -0.1) is 0 Å². The van der Waals surface area contributed by atoms with E-state index in [0.717, 1.165) is 24.9 Å². The standard InChI is InChI=1S/C80H57N3/c1-3-20-50-21-8-16-31-71(50)82-72-32-17-14-25-60(72)66-45-53(38-44-77(66)82)54-37-42-75-67(46-54)68-47-55(56-48-69-58(4-2)59-24-13-18-33-73(59)83-74-34-19-15-26-61(74)70(49-56)80(69)83)39-43-76(68)81(75)57-40-35-52(36-41-57)79-64-29-11-9-27-62(64)78(51-22-6-5-7-23-51)63-28-10-12-30-65(63)79/h5-19,21-49,58H,3-4,20H2,1-2H3. The van der Waals surface area contributed by atoms with Gasteiger partial charge in [-0.3, -0.25) is 0 Å². The van der Waals surface area contributed by atoms with Crippen molar-refractivity contribution in [1.82, 2.24) is 13.7 Å². The lowest BCUT2D eigenvalue weighted by atomic mass is 9.83. The summed E-state index contributed by atoms with van der Waals surface area (Å²) in [4.78, 5) is 0. The number of para-hydroxylation sites is 4. The van der Waals surface area contributed by atoms with Crippen LogP contribution in [-0.2, 0) is 6.42 Å². The maximum atomic E-state index is 2.53. The Balaban J connectivity index is 0.867. The molecule has 3 nitrogen and oxygen atoms in total. The van der Waals surface area contributed by atoms with Gasteiger partial charge in [0, 0.05) is 55.3 Å². The largest absolute Gasteiger partial charge is 0.309 e. The maximum Gasteiger partial charge on any atom is 0.0579 e. The maximum absolute atomic E-state index is 2.53. The Morgan fingerprint density at radius 3 is 1.33 bits per heavy atom. The summed E-state index contributed by atoms with van der Waals surface area (Å²) in [7, 11) is 0. The molecule has 13 aromatic carbocycles. The van der Waals surface area contributed by atoms with Crippen LogP contribution in [0.3, 0.4) is 0 Å². The van der Waals surface area contributed by atoms with Crippen LogP contribution in [-0.4, -0.2) is 13.7 Å². The zero-order chi connectivity index (χ0) is 54.9. The molecule has 392 valence electrons. The molecule has 4 heterocycles. The van der Waals surface area contributed by atoms with E-state index in [2.05, 4.69) is 294 Å². The average Bonchev–Trinajstić information content (AvgIpc) is 2.52. The highest BCUT2D eigenvalue weighted by molar-refractivity contribution is 6.22. The number of hydrogen-bond donors (Lipinski definition) is 0. The molecule has 0 fully saturated rings. The third kappa shape index (κ3) is 7.11. The first-order valence-corrected chi connectivity index (χ1v) is 29.6. The number of aryl methyl sites for hydroxylation is 1. The van der Waals surface area contributed by atoms with Crippen LogP contribution >= 0.6 is 0 Å². The van der Waals surface area contributed by atoms with Crippen molar-refractivity contribution >= 4 is 87.0 Å². The first-order chi connectivity index (χ1) is 41.1. The first-order valence-electron chi connectivity index (χ1n) is 29.6. The third-order valence-electron chi connectivity index (χ3n) is 18.4.